The normalized spacial score (nSPS) is 15.9. The van der Waals surface area contributed by atoms with Gasteiger partial charge in [0.05, 0.1) is 23.9 Å². The lowest BCUT2D eigenvalue weighted by Gasteiger charge is -2.37. The first-order valence-electron chi connectivity index (χ1n) is 12.4. The molecule has 1 heterocycles. The maximum Gasteiger partial charge on any atom is 0.338 e. The minimum Gasteiger partial charge on any atom is -0.463 e. The van der Waals surface area contributed by atoms with Gasteiger partial charge < -0.3 is 20.7 Å². The summed E-state index contributed by atoms with van der Waals surface area (Å²) < 4.78 is 5.47. The number of hydrogen-bond acceptors (Lipinski definition) is 4. The Balaban J connectivity index is 2.11. The van der Waals surface area contributed by atoms with Gasteiger partial charge >= 0.3 is 18.0 Å². The Kier molecular flexibility index (Phi) is 8.74. The van der Waals surface area contributed by atoms with Crippen LogP contribution in [0.15, 0.2) is 60.2 Å². The summed E-state index contributed by atoms with van der Waals surface area (Å²) in [4.78, 5) is 40.8. The molecule has 36 heavy (non-hydrogen) atoms. The number of esters is 1. The molecule has 0 bridgehead atoms. The number of ether oxygens (including phenoxy) is 1. The number of nitrogens with one attached hydrogen (secondary N) is 3. The second-order valence-corrected chi connectivity index (χ2v) is 9.69. The Labute approximate surface area is 213 Å². The fourth-order valence-corrected chi connectivity index (χ4v) is 4.07. The van der Waals surface area contributed by atoms with E-state index in [1.165, 1.54) is 0 Å². The van der Waals surface area contributed by atoms with Crippen molar-refractivity contribution in [1.82, 2.24) is 15.5 Å². The van der Waals surface area contributed by atoms with Crippen molar-refractivity contribution >= 4 is 29.4 Å². The van der Waals surface area contributed by atoms with E-state index in [9.17, 15) is 14.4 Å². The minimum atomic E-state index is -0.753. The molecule has 1 aliphatic rings. The maximum absolute atomic E-state index is 13.4. The first kappa shape index (κ1) is 26.8. The zero-order valence-corrected chi connectivity index (χ0v) is 21.7. The third-order valence-electron chi connectivity index (χ3n) is 5.57. The van der Waals surface area contributed by atoms with Crippen LogP contribution < -0.4 is 16.0 Å². The zero-order valence-electron chi connectivity index (χ0n) is 21.7. The molecule has 2 aromatic rings. The molecule has 0 radical (unpaired) electrons. The molecule has 1 atom stereocenters. The Hall–Kier alpha value is -3.81. The molecule has 192 valence electrons. The van der Waals surface area contributed by atoms with Crippen LogP contribution in [-0.2, 0) is 9.53 Å². The van der Waals surface area contributed by atoms with E-state index in [0.717, 1.165) is 18.4 Å². The minimum absolute atomic E-state index is 0.203. The number of urea groups is 2. The predicted octanol–water partition coefficient (Wildman–Crippen LogP) is 5.45. The second-order valence-electron chi connectivity index (χ2n) is 9.69. The van der Waals surface area contributed by atoms with Crippen LogP contribution in [0.2, 0.25) is 0 Å². The van der Waals surface area contributed by atoms with Crippen LogP contribution >= 0.6 is 0 Å². The number of unbranched alkanes of at least 4 members (excludes halogenated alkanes) is 1. The number of anilines is 1. The van der Waals surface area contributed by atoms with Gasteiger partial charge in [-0.25, -0.2) is 14.4 Å². The molecule has 8 nitrogen and oxygen atoms in total. The Bertz CT molecular complexity index is 1120. The lowest BCUT2D eigenvalue weighted by Crippen LogP contribution is -2.48. The topological polar surface area (TPSA) is 99.8 Å². The Morgan fingerprint density at radius 3 is 2.42 bits per heavy atom. The SMILES string of the molecule is CCCCN1C(=O)NC(c2cccc(NC(=O)NC(C)(C)C)c2)C(C(=O)OCC)=C1c1ccccc1. The van der Waals surface area contributed by atoms with Crippen molar-refractivity contribution in [2.45, 2.75) is 59.0 Å². The number of hydrogen-bond donors (Lipinski definition) is 3. The third-order valence-corrected chi connectivity index (χ3v) is 5.57. The fraction of sp³-hybridized carbons (Fsp3) is 0.393. The highest BCUT2D eigenvalue weighted by Crippen LogP contribution is 2.37. The standard InChI is InChI=1S/C28H36N4O4/c1-6-8-17-32-24(19-13-10-9-11-14-19)22(25(33)36-7-2)23(30-27(32)35)20-15-12-16-21(18-20)29-26(34)31-28(3,4)5/h9-16,18,23H,6-8,17H2,1-5H3,(H,30,35)(H2,29,31,34). The largest absolute Gasteiger partial charge is 0.463 e. The monoisotopic (exact) mass is 492 g/mol. The van der Waals surface area contributed by atoms with E-state index in [1.54, 1.807) is 30.0 Å². The lowest BCUT2D eigenvalue weighted by molar-refractivity contribution is -0.138. The molecule has 0 saturated carbocycles. The average Bonchev–Trinajstić information content (AvgIpc) is 2.82. The van der Waals surface area contributed by atoms with Crippen LogP contribution in [0.5, 0.6) is 0 Å². The Morgan fingerprint density at radius 1 is 1.06 bits per heavy atom. The van der Waals surface area contributed by atoms with E-state index in [4.69, 9.17) is 4.74 Å². The van der Waals surface area contributed by atoms with Crippen LogP contribution in [0.4, 0.5) is 15.3 Å². The molecule has 0 fully saturated rings. The van der Waals surface area contributed by atoms with Gasteiger partial charge in [-0.1, -0.05) is 55.8 Å². The summed E-state index contributed by atoms with van der Waals surface area (Å²) in [5.41, 5.74) is 2.46. The lowest BCUT2D eigenvalue weighted by atomic mass is 9.91. The molecular weight excluding hydrogens is 456 g/mol. The molecule has 4 amide bonds. The van der Waals surface area contributed by atoms with Crippen LogP contribution in [-0.4, -0.2) is 41.6 Å². The number of carbonyl (C=O) groups excluding carboxylic acids is 3. The third kappa shape index (κ3) is 6.65. The summed E-state index contributed by atoms with van der Waals surface area (Å²) in [6, 6.07) is 15.2. The summed E-state index contributed by atoms with van der Waals surface area (Å²) >= 11 is 0. The molecule has 2 aromatic carbocycles. The molecule has 0 saturated heterocycles. The van der Waals surface area contributed by atoms with Crippen molar-refractivity contribution in [3.63, 3.8) is 0 Å². The maximum atomic E-state index is 13.4. The fourth-order valence-electron chi connectivity index (χ4n) is 4.07. The van der Waals surface area contributed by atoms with Gasteiger partial charge in [0, 0.05) is 17.8 Å². The van der Waals surface area contributed by atoms with Crippen molar-refractivity contribution < 1.29 is 19.1 Å². The number of rotatable bonds is 8. The van der Waals surface area contributed by atoms with E-state index in [-0.39, 0.29) is 18.7 Å². The predicted molar refractivity (Wildman–Crippen MR) is 141 cm³/mol. The van der Waals surface area contributed by atoms with Crippen molar-refractivity contribution in [1.29, 1.82) is 0 Å². The second kappa shape index (κ2) is 11.7. The molecule has 1 unspecified atom stereocenters. The van der Waals surface area contributed by atoms with E-state index in [2.05, 4.69) is 22.9 Å². The molecule has 3 rings (SSSR count). The number of benzene rings is 2. The number of amides is 4. The summed E-state index contributed by atoms with van der Waals surface area (Å²) in [6.45, 7) is 10.2. The van der Waals surface area contributed by atoms with E-state index < -0.39 is 17.6 Å². The molecule has 0 aliphatic carbocycles. The number of carbonyl (C=O) groups is 3. The highest BCUT2D eigenvalue weighted by atomic mass is 16.5. The zero-order chi connectivity index (χ0) is 26.3. The first-order valence-corrected chi connectivity index (χ1v) is 12.4. The summed E-state index contributed by atoms with van der Waals surface area (Å²) in [7, 11) is 0. The first-order chi connectivity index (χ1) is 17.1. The number of nitrogens with zero attached hydrogens (tertiary/aromatic N) is 1. The smallest absolute Gasteiger partial charge is 0.338 e. The van der Waals surface area contributed by atoms with Gasteiger partial charge in [-0.3, -0.25) is 4.90 Å². The summed E-state index contributed by atoms with van der Waals surface area (Å²) in [6.07, 6.45) is 1.68. The van der Waals surface area contributed by atoms with Gasteiger partial charge in [0.15, 0.2) is 0 Å². The molecule has 0 aromatic heterocycles. The molecular formula is C28H36N4O4. The van der Waals surface area contributed by atoms with Gasteiger partial charge in [0.1, 0.15) is 0 Å². The van der Waals surface area contributed by atoms with Gasteiger partial charge in [0.25, 0.3) is 0 Å². The van der Waals surface area contributed by atoms with E-state index in [0.29, 0.717) is 29.1 Å². The molecule has 1 aliphatic heterocycles. The van der Waals surface area contributed by atoms with Gasteiger partial charge in [-0.15, -0.1) is 0 Å². The highest BCUT2D eigenvalue weighted by Gasteiger charge is 2.38. The van der Waals surface area contributed by atoms with Crippen LogP contribution in [0.3, 0.4) is 0 Å². The van der Waals surface area contributed by atoms with Crippen LogP contribution in [0.1, 0.15) is 64.6 Å². The van der Waals surface area contributed by atoms with Crippen molar-refractivity contribution in [2.24, 2.45) is 0 Å². The van der Waals surface area contributed by atoms with Gasteiger partial charge in [-0.05, 0) is 57.4 Å². The average molecular weight is 493 g/mol. The Morgan fingerprint density at radius 2 is 1.78 bits per heavy atom. The van der Waals surface area contributed by atoms with E-state index in [1.807, 2.05) is 57.2 Å². The summed E-state index contributed by atoms with van der Waals surface area (Å²) in [5, 5.41) is 8.69. The molecule has 0 spiro atoms. The van der Waals surface area contributed by atoms with Crippen molar-refractivity contribution in [3.05, 3.63) is 71.3 Å². The van der Waals surface area contributed by atoms with Crippen LogP contribution in [0, 0.1) is 0 Å². The summed E-state index contributed by atoms with van der Waals surface area (Å²) in [5.74, 6) is -0.494. The molecule has 8 heteroatoms. The molecule has 3 N–H and O–H groups in total. The quantitative estimate of drug-likeness (QED) is 0.427. The van der Waals surface area contributed by atoms with E-state index >= 15 is 0 Å². The van der Waals surface area contributed by atoms with Crippen LogP contribution in [0.25, 0.3) is 5.70 Å². The van der Waals surface area contributed by atoms with Crippen molar-refractivity contribution in [2.75, 3.05) is 18.5 Å². The van der Waals surface area contributed by atoms with Crippen molar-refractivity contribution in [3.8, 4) is 0 Å². The van der Waals surface area contributed by atoms with Gasteiger partial charge in [0.2, 0.25) is 0 Å². The van der Waals surface area contributed by atoms with Gasteiger partial charge in [-0.2, -0.15) is 0 Å². The highest BCUT2D eigenvalue weighted by molar-refractivity contribution is 6.04.